The summed E-state index contributed by atoms with van der Waals surface area (Å²) in [6.07, 6.45) is 7.70. The number of anilines is 2. The standard InChI is InChI=1S/C17H20N6O/c1-22-7-5-14(6-8-22)23-11-13(10-19-23)20-17-18-9-12-3-2-4-15(24)16(12)21-17/h2-4,9-11,14,24H,5-8H2,1H3,(H,18,20,21). The van der Waals surface area contributed by atoms with Crippen LogP contribution in [0.1, 0.15) is 18.9 Å². The molecule has 7 nitrogen and oxygen atoms in total. The molecule has 1 fully saturated rings. The number of hydrogen-bond acceptors (Lipinski definition) is 6. The van der Waals surface area contributed by atoms with Gasteiger partial charge in [-0.15, -0.1) is 0 Å². The Balaban J connectivity index is 1.52. The summed E-state index contributed by atoms with van der Waals surface area (Å²) in [5.74, 6) is 0.604. The van der Waals surface area contributed by atoms with E-state index in [-0.39, 0.29) is 5.75 Å². The maximum Gasteiger partial charge on any atom is 0.227 e. The summed E-state index contributed by atoms with van der Waals surface area (Å²) in [7, 11) is 2.15. The number of likely N-dealkylation sites (tertiary alicyclic amines) is 1. The van der Waals surface area contributed by atoms with Gasteiger partial charge in [-0.25, -0.2) is 9.97 Å². The Kier molecular flexibility index (Phi) is 3.78. The summed E-state index contributed by atoms with van der Waals surface area (Å²) >= 11 is 0. The predicted molar refractivity (Wildman–Crippen MR) is 92.5 cm³/mol. The van der Waals surface area contributed by atoms with Crippen LogP contribution in [0.3, 0.4) is 0 Å². The summed E-state index contributed by atoms with van der Waals surface area (Å²) in [5, 5.41) is 18.4. The zero-order chi connectivity index (χ0) is 16.5. The molecule has 3 aromatic rings. The average Bonchev–Trinajstić information content (AvgIpc) is 3.05. The van der Waals surface area contributed by atoms with Crippen molar-refractivity contribution >= 4 is 22.5 Å². The Bertz CT molecular complexity index is 853. The highest BCUT2D eigenvalue weighted by atomic mass is 16.3. The highest BCUT2D eigenvalue weighted by Crippen LogP contribution is 2.25. The van der Waals surface area contributed by atoms with Crippen molar-refractivity contribution in [1.29, 1.82) is 0 Å². The van der Waals surface area contributed by atoms with Crippen LogP contribution in [0.2, 0.25) is 0 Å². The molecule has 1 aromatic carbocycles. The number of phenolic OH excluding ortho intramolecular Hbond substituents is 1. The van der Waals surface area contributed by atoms with Crippen LogP contribution in [0, 0.1) is 0 Å². The van der Waals surface area contributed by atoms with Gasteiger partial charge in [0.15, 0.2) is 0 Å². The average molecular weight is 324 g/mol. The number of nitrogens with zero attached hydrogens (tertiary/aromatic N) is 5. The molecule has 124 valence electrons. The zero-order valence-corrected chi connectivity index (χ0v) is 13.6. The van der Waals surface area contributed by atoms with E-state index >= 15 is 0 Å². The van der Waals surface area contributed by atoms with Crippen molar-refractivity contribution in [2.24, 2.45) is 0 Å². The monoisotopic (exact) mass is 324 g/mol. The van der Waals surface area contributed by atoms with Crippen LogP contribution in [0.4, 0.5) is 11.6 Å². The third kappa shape index (κ3) is 2.90. The van der Waals surface area contributed by atoms with Gasteiger partial charge >= 0.3 is 0 Å². The molecule has 4 rings (SSSR count). The molecule has 1 aliphatic heterocycles. The quantitative estimate of drug-likeness (QED) is 0.771. The fraction of sp³-hybridized carbons (Fsp3) is 0.353. The van der Waals surface area contributed by atoms with Gasteiger partial charge in [0.25, 0.3) is 0 Å². The molecule has 1 aliphatic rings. The lowest BCUT2D eigenvalue weighted by Crippen LogP contribution is -2.31. The minimum absolute atomic E-state index is 0.153. The molecule has 24 heavy (non-hydrogen) atoms. The van der Waals surface area contributed by atoms with Gasteiger partial charge in [-0.1, -0.05) is 12.1 Å². The lowest BCUT2D eigenvalue weighted by atomic mass is 10.1. The van der Waals surface area contributed by atoms with Crippen LogP contribution < -0.4 is 5.32 Å². The first-order valence-electron chi connectivity index (χ1n) is 8.13. The van der Waals surface area contributed by atoms with Crippen molar-refractivity contribution < 1.29 is 5.11 Å². The van der Waals surface area contributed by atoms with Gasteiger partial charge in [-0.3, -0.25) is 4.68 Å². The van der Waals surface area contributed by atoms with Gasteiger partial charge in [0.2, 0.25) is 5.95 Å². The highest BCUT2D eigenvalue weighted by Gasteiger charge is 2.19. The summed E-state index contributed by atoms with van der Waals surface area (Å²) in [4.78, 5) is 11.0. The lowest BCUT2D eigenvalue weighted by Gasteiger charge is -2.28. The molecule has 0 unspecified atom stereocenters. The van der Waals surface area contributed by atoms with Crippen molar-refractivity contribution in [3.8, 4) is 5.75 Å². The van der Waals surface area contributed by atoms with E-state index < -0.39 is 0 Å². The first-order chi connectivity index (χ1) is 11.7. The van der Waals surface area contributed by atoms with Crippen molar-refractivity contribution in [2.45, 2.75) is 18.9 Å². The van der Waals surface area contributed by atoms with Gasteiger partial charge < -0.3 is 15.3 Å². The van der Waals surface area contributed by atoms with E-state index in [4.69, 9.17) is 0 Å². The zero-order valence-electron chi connectivity index (χ0n) is 13.6. The third-order valence-corrected chi connectivity index (χ3v) is 4.51. The van der Waals surface area contributed by atoms with Crippen molar-refractivity contribution in [3.05, 3.63) is 36.8 Å². The van der Waals surface area contributed by atoms with E-state index in [0.717, 1.165) is 37.0 Å². The van der Waals surface area contributed by atoms with Crippen LogP contribution in [0.15, 0.2) is 36.8 Å². The number of hydrogen-bond donors (Lipinski definition) is 2. The number of para-hydroxylation sites is 1. The topological polar surface area (TPSA) is 79.1 Å². The van der Waals surface area contributed by atoms with Crippen molar-refractivity contribution in [2.75, 3.05) is 25.5 Å². The predicted octanol–water partition coefficient (Wildman–Crippen LogP) is 2.54. The molecule has 1 saturated heterocycles. The number of aromatic hydroxyl groups is 1. The summed E-state index contributed by atoms with van der Waals surface area (Å²) in [6.45, 7) is 2.20. The van der Waals surface area contributed by atoms with Gasteiger partial charge in [-0.05, 0) is 39.0 Å². The number of rotatable bonds is 3. The number of phenols is 1. The van der Waals surface area contributed by atoms with E-state index in [1.807, 2.05) is 16.9 Å². The highest BCUT2D eigenvalue weighted by molar-refractivity contribution is 5.84. The largest absolute Gasteiger partial charge is 0.506 e. The van der Waals surface area contributed by atoms with Crippen LogP contribution in [-0.4, -0.2) is 49.9 Å². The fourth-order valence-corrected chi connectivity index (χ4v) is 3.09. The molecule has 0 aliphatic carbocycles. The molecule has 0 radical (unpaired) electrons. The normalized spacial score (nSPS) is 16.5. The van der Waals surface area contributed by atoms with E-state index in [1.165, 1.54) is 0 Å². The lowest BCUT2D eigenvalue weighted by molar-refractivity contribution is 0.212. The second-order valence-corrected chi connectivity index (χ2v) is 6.28. The minimum Gasteiger partial charge on any atom is -0.506 e. The summed E-state index contributed by atoms with van der Waals surface area (Å²) in [5.41, 5.74) is 1.39. The summed E-state index contributed by atoms with van der Waals surface area (Å²) < 4.78 is 2.02. The molecule has 2 aromatic heterocycles. The Morgan fingerprint density at radius 3 is 2.88 bits per heavy atom. The third-order valence-electron chi connectivity index (χ3n) is 4.51. The molecule has 0 spiro atoms. The Morgan fingerprint density at radius 1 is 1.21 bits per heavy atom. The number of benzene rings is 1. The Hall–Kier alpha value is -2.67. The minimum atomic E-state index is 0.153. The Labute approximate surface area is 140 Å². The van der Waals surface area contributed by atoms with Crippen LogP contribution in [0.5, 0.6) is 5.75 Å². The van der Waals surface area contributed by atoms with E-state index in [2.05, 4.69) is 32.3 Å². The van der Waals surface area contributed by atoms with Gasteiger partial charge in [0.05, 0.1) is 17.9 Å². The first-order valence-corrected chi connectivity index (χ1v) is 8.13. The van der Waals surface area contributed by atoms with Crippen LogP contribution in [-0.2, 0) is 0 Å². The second-order valence-electron chi connectivity index (χ2n) is 6.28. The van der Waals surface area contributed by atoms with Gasteiger partial charge in [0.1, 0.15) is 11.3 Å². The SMILES string of the molecule is CN1CCC(n2cc(Nc3ncc4cccc(O)c4n3)cn2)CC1. The Morgan fingerprint density at radius 2 is 2.04 bits per heavy atom. The molecule has 0 atom stereocenters. The maximum absolute atomic E-state index is 9.92. The van der Waals surface area contributed by atoms with Gasteiger partial charge in [-0.2, -0.15) is 5.10 Å². The maximum atomic E-state index is 9.92. The van der Waals surface area contributed by atoms with Crippen LogP contribution in [0.25, 0.3) is 10.9 Å². The van der Waals surface area contributed by atoms with Crippen LogP contribution >= 0.6 is 0 Å². The summed E-state index contributed by atoms with van der Waals surface area (Å²) in [6, 6.07) is 5.71. The van der Waals surface area contributed by atoms with E-state index in [9.17, 15) is 5.11 Å². The van der Waals surface area contributed by atoms with Gasteiger partial charge in [0, 0.05) is 17.8 Å². The molecular formula is C17H20N6O. The van der Waals surface area contributed by atoms with Crippen molar-refractivity contribution in [3.63, 3.8) is 0 Å². The molecule has 0 saturated carbocycles. The second kappa shape index (κ2) is 6.09. The molecule has 2 N–H and O–H groups in total. The van der Waals surface area contributed by atoms with E-state index in [0.29, 0.717) is 17.5 Å². The number of aromatic nitrogens is 4. The fourth-order valence-electron chi connectivity index (χ4n) is 3.09. The number of fused-ring (bicyclic) bond motifs is 1. The molecule has 3 heterocycles. The van der Waals surface area contributed by atoms with Crippen molar-refractivity contribution in [1.82, 2.24) is 24.6 Å². The number of nitrogens with one attached hydrogen (secondary N) is 1. The first kappa shape index (κ1) is 14.9. The molecular weight excluding hydrogens is 304 g/mol. The smallest absolute Gasteiger partial charge is 0.227 e. The molecule has 0 amide bonds. The number of piperidine rings is 1. The molecule has 0 bridgehead atoms. The van der Waals surface area contributed by atoms with E-state index in [1.54, 1.807) is 24.5 Å². The molecule has 7 heteroatoms.